The summed E-state index contributed by atoms with van der Waals surface area (Å²) < 4.78 is 12.7. The molecule has 0 aliphatic rings. The van der Waals surface area contributed by atoms with Gasteiger partial charge in [0, 0.05) is 37.6 Å². The Bertz CT molecular complexity index is 1080. The molecule has 1 aromatic carbocycles. The van der Waals surface area contributed by atoms with Crippen molar-refractivity contribution in [1.82, 2.24) is 19.7 Å². The fourth-order valence-electron chi connectivity index (χ4n) is 3.52. The van der Waals surface area contributed by atoms with E-state index in [4.69, 9.17) is 14.2 Å². The standard InChI is InChI=1S/C22H25N5O2/c1-15-20(16(2)29-26-15)18-12-19-21(24-13-18)25-22(23-10-7-11-28-3)27(19)14-17-8-5-4-6-9-17/h4-6,8-9,12-13H,7,10-11,14H2,1-3H3,(H,23,24,25). The molecule has 0 aliphatic heterocycles. The van der Waals surface area contributed by atoms with E-state index in [1.165, 1.54) is 5.56 Å². The molecule has 0 bridgehead atoms. The van der Waals surface area contributed by atoms with E-state index in [1.54, 1.807) is 7.11 Å². The van der Waals surface area contributed by atoms with Gasteiger partial charge in [0.25, 0.3) is 0 Å². The average molecular weight is 391 g/mol. The highest BCUT2D eigenvalue weighted by molar-refractivity contribution is 5.81. The van der Waals surface area contributed by atoms with E-state index in [-0.39, 0.29) is 0 Å². The fraction of sp³-hybridized carbons (Fsp3) is 0.318. The van der Waals surface area contributed by atoms with Crippen molar-refractivity contribution in [3.05, 3.63) is 59.6 Å². The molecule has 0 saturated heterocycles. The third kappa shape index (κ3) is 4.00. The molecule has 0 saturated carbocycles. The maximum absolute atomic E-state index is 5.34. The van der Waals surface area contributed by atoms with Gasteiger partial charge in [-0.15, -0.1) is 0 Å². The molecule has 29 heavy (non-hydrogen) atoms. The zero-order valence-corrected chi connectivity index (χ0v) is 17.0. The van der Waals surface area contributed by atoms with Gasteiger partial charge in [0.15, 0.2) is 5.65 Å². The Hall–Kier alpha value is -3.19. The Labute approximate surface area is 169 Å². The van der Waals surface area contributed by atoms with Crippen LogP contribution in [0.15, 0.2) is 47.1 Å². The first-order chi connectivity index (χ1) is 14.2. The van der Waals surface area contributed by atoms with Crippen LogP contribution in [0.25, 0.3) is 22.3 Å². The summed E-state index contributed by atoms with van der Waals surface area (Å²) in [5.41, 5.74) is 5.71. The number of imidazole rings is 1. The van der Waals surface area contributed by atoms with Crippen molar-refractivity contribution in [3.63, 3.8) is 0 Å². The zero-order valence-electron chi connectivity index (χ0n) is 17.0. The minimum absolute atomic E-state index is 0.705. The van der Waals surface area contributed by atoms with Gasteiger partial charge in [-0.1, -0.05) is 35.5 Å². The molecule has 4 rings (SSSR count). The molecule has 0 spiro atoms. The van der Waals surface area contributed by atoms with Crippen molar-refractivity contribution in [2.45, 2.75) is 26.8 Å². The van der Waals surface area contributed by atoms with Gasteiger partial charge in [-0.05, 0) is 31.9 Å². The number of aromatic nitrogens is 4. The third-order valence-electron chi connectivity index (χ3n) is 4.92. The summed E-state index contributed by atoms with van der Waals surface area (Å²) in [5, 5.41) is 7.51. The van der Waals surface area contributed by atoms with Gasteiger partial charge in [-0.3, -0.25) is 0 Å². The second-order valence-corrected chi connectivity index (χ2v) is 7.05. The smallest absolute Gasteiger partial charge is 0.205 e. The van der Waals surface area contributed by atoms with Crippen LogP contribution in [0.5, 0.6) is 0 Å². The van der Waals surface area contributed by atoms with Crippen molar-refractivity contribution >= 4 is 17.1 Å². The Balaban J connectivity index is 1.76. The van der Waals surface area contributed by atoms with Gasteiger partial charge < -0.3 is 19.1 Å². The van der Waals surface area contributed by atoms with E-state index in [2.05, 4.69) is 38.2 Å². The van der Waals surface area contributed by atoms with Crippen LogP contribution in [0.1, 0.15) is 23.4 Å². The highest BCUT2D eigenvalue weighted by Gasteiger charge is 2.17. The van der Waals surface area contributed by atoms with Crippen LogP contribution in [0.2, 0.25) is 0 Å². The molecular weight excluding hydrogens is 366 g/mol. The number of ether oxygens (including phenoxy) is 1. The molecule has 0 unspecified atom stereocenters. The number of hydrogen-bond donors (Lipinski definition) is 1. The van der Waals surface area contributed by atoms with E-state index in [0.29, 0.717) is 18.8 Å². The molecule has 4 aromatic rings. The molecule has 3 aromatic heterocycles. The predicted molar refractivity (Wildman–Crippen MR) is 113 cm³/mol. The zero-order chi connectivity index (χ0) is 20.2. The summed E-state index contributed by atoms with van der Waals surface area (Å²) in [6, 6.07) is 12.5. The van der Waals surface area contributed by atoms with Gasteiger partial charge in [-0.25, -0.2) is 4.98 Å². The van der Waals surface area contributed by atoms with E-state index < -0.39 is 0 Å². The molecule has 0 amide bonds. The molecular formula is C22H25N5O2. The Morgan fingerprint density at radius 3 is 2.72 bits per heavy atom. The van der Waals surface area contributed by atoms with Crippen LogP contribution in [0.4, 0.5) is 5.95 Å². The van der Waals surface area contributed by atoms with Gasteiger partial charge in [0.2, 0.25) is 5.95 Å². The molecule has 3 heterocycles. The lowest BCUT2D eigenvalue weighted by molar-refractivity contribution is 0.197. The molecule has 0 fully saturated rings. The second kappa shape index (κ2) is 8.45. The molecule has 0 atom stereocenters. The molecule has 7 heteroatoms. The Kier molecular flexibility index (Phi) is 5.57. The van der Waals surface area contributed by atoms with Crippen LogP contribution in [0, 0.1) is 13.8 Å². The van der Waals surface area contributed by atoms with Crippen LogP contribution in [-0.4, -0.2) is 40.0 Å². The normalized spacial score (nSPS) is 11.3. The van der Waals surface area contributed by atoms with Crippen LogP contribution < -0.4 is 5.32 Å². The first-order valence-corrected chi connectivity index (χ1v) is 9.73. The Morgan fingerprint density at radius 1 is 1.17 bits per heavy atom. The number of rotatable bonds is 8. The molecule has 1 N–H and O–H groups in total. The van der Waals surface area contributed by atoms with Crippen molar-refractivity contribution in [2.24, 2.45) is 0 Å². The van der Waals surface area contributed by atoms with E-state index in [0.717, 1.165) is 47.0 Å². The predicted octanol–water partition coefficient (Wildman–Crippen LogP) is 4.20. The number of methoxy groups -OCH3 is 1. The maximum atomic E-state index is 5.34. The van der Waals surface area contributed by atoms with Gasteiger partial charge >= 0.3 is 0 Å². The number of pyridine rings is 1. The van der Waals surface area contributed by atoms with Crippen molar-refractivity contribution < 1.29 is 9.26 Å². The summed E-state index contributed by atoms with van der Waals surface area (Å²) in [4.78, 5) is 9.36. The number of anilines is 1. The maximum Gasteiger partial charge on any atom is 0.205 e. The Morgan fingerprint density at radius 2 is 2.00 bits per heavy atom. The number of nitrogens with zero attached hydrogens (tertiary/aromatic N) is 4. The highest BCUT2D eigenvalue weighted by Crippen LogP contribution is 2.30. The largest absolute Gasteiger partial charge is 0.385 e. The molecule has 0 aliphatic carbocycles. The first kappa shape index (κ1) is 19.1. The van der Waals surface area contributed by atoms with Crippen LogP contribution in [0.3, 0.4) is 0 Å². The highest BCUT2D eigenvalue weighted by atomic mass is 16.5. The first-order valence-electron chi connectivity index (χ1n) is 9.73. The van der Waals surface area contributed by atoms with Crippen LogP contribution in [-0.2, 0) is 11.3 Å². The summed E-state index contributed by atoms with van der Waals surface area (Å²) >= 11 is 0. The van der Waals surface area contributed by atoms with E-state index in [1.807, 2.05) is 38.2 Å². The van der Waals surface area contributed by atoms with Crippen molar-refractivity contribution in [1.29, 1.82) is 0 Å². The number of nitrogens with one attached hydrogen (secondary N) is 1. The number of fused-ring (bicyclic) bond motifs is 1. The minimum Gasteiger partial charge on any atom is -0.385 e. The second-order valence-electron chi connectivity index (χ2n) is 7.05. The fourth-order valence-corrected chi connectivity index (χ4v) is 3.52. The van der Waals surface area contributed by atoms with Crippen molar-refractivity contribution in [3.8, 4) is 11.1 Å². The SMILES string of the molecule is COCCCNc1nc2ncc(-c3c(C)noc3C)cc2n1Cc1ccccc1. The number of benzene rings is 1. The summed E-state index contributed by atoms with van der Waals surface area (Å²) in [7, 11) is 1.71. The van der Waals surface area contributed by atoms with Gasteiger partial charge in [0.05, 0.1) is 17.8 Å². The summed E-state index contributed by atoms with van der Waals surface area (Å²) in [5.74, 6) is 1.60. The lowest BCUT2D eigenvalue weighted by atomic mass is 10.1. The van der Waals surface area contributed by atoms with Crippen LogP contribution >= 0.6 is 0 Å². The quantitative estimate of drug-likeness (QED) is 0.454. The molecule has 0 radical (unpaired) electrons. The van der Waals surface area contributed by atoms with Gasteiger partial charge in [-0.2, -0.15) is 4.98 Å². The monoisotopic (exact) mass is 391 g/mol. The topological polar surface area (TPSA) is 78.0 Å². The molecule has 7 nitrogen and oxygen atoms in total. The van der Waals surface area contributed by atoms with E-state index >= 15 is 0 Å². The van der Waals surface area contributed by atoms with Crippen molar-refractivity contribution in [2.75, 3.05) is 25.6 Å². The summed E-state index contributed by atoms with van der Waals surface area (Å²) in [6.07, 6.45) is 2.74. The summed E-state index contributed by atoms with van der Waals surface area (Å²) in [6.45, 7) is 6.06. The lowest BCUT2D eigenvalue weighted by Crippen LogP contribution is -2.11. The van der Waals surface area contributed by atoms with Gasteiger partial charge in [0.1, 0.15) is 5.76 Å². The number of aryl methyl sites for hydroxylation is 2. The molecule has 150 valence electrons. The third-order valence-corrected chi connectivity index (χ3v) is 4.92. The minimum atomic E-state index is 0.705. The lowest BCUT2D eigenvalue weighted by Gasteiger charge is -2.11. The van der Waals surface area contributed by atoms with E-state index in [9.17, 15) is 0 Å². The average Bonchev–Trinajstić information content (AvgIpc) is 3.25. The number of hydrogen-bond acceptors (Lipinski definition) is 6.